The first-order chi connectivity index (χ1) is 8.33. The van der Waals surface area contributed by atoms with Crippen LogP contribution in [0, 0.1) is 0 Å². The van der Waals surface area contributed by atoms with Gasteiger partial charge in [0.15, 0.2) is 0 Å². The quantitative estimate of drug-likeness (QED) is 0.843. The van der Waals surface area contributed by atoms with E-state index in [1.807, 2.05) is 0 Å². The number of aliphatic hydroxyl groups excluding tert-OH is 1. The molecule has 3 nitrogen and oxygen atoms in total. The van der Waals surface area contributed by atoms with Crippen molar-refractivity contribution in [1.29, 1.82) is 0 Å². The fraction of sp³-hybridized carbons (Fsp3) is 0.429. The summed E-state index contributed by atoms with van der Waals surface area (Å²) >= 11 is 0. The van der Waals surface area contributed by atoms with Gasteiger partial charge in [-0.15, -0.1) is 0 Å². The third-order valence-corrected chi connectivity index (χ3v) is 3.64. The number of aryl methyl sites for hydroxylation is 1. The van der Waals surface area contributed by atoms with E-state index in [0.717, 1.165) is 26.1 Å². The van der Waals surface area contributed by atoms with Crippen molar-refractivity contribution in [3.05, 3.63) is 35.0 Å². The lowest BCUT2D eigenvalue weighted by molar-refractivity contribution is 0.300. The van der Waals surface area contributed by atoms with Crippen LogP contribution in [0.2, 0.25) is 0 Å². The Morgan fingerprint density at radius 2 is 2.06 bits per heavy atom. The number of nitrogens with one attached hydrogen (secondary N) is 1. The van der Waals surface area contributed by atoms with E-state index in [2.05, 4.69) is 35.1 Å². The van der Waals surface area contributed by atoms with E-state index in [-0.39, 0.29) is 6.61 Å². The Bertz CT molecular complexity index is 557. The van der Waals surface area contributed by atoms with Gasteiger partial charge >= 0.3 is 0 Å². The summed E-state index contributed by atoms with van der Waals surface area (Å²) in [6, 6.07) is 4.59. The van der Waals surface area contributed by atoms with Crippen LogP contribution in [0.3, 0.4) is 0 Å². The van der Waals surface area contributed by atoms with Crippen LogP contribution in [0.1, 0.15) is 23.6 Å². The molecule has 2 N–H and O–H groups in total. The molecule has 1 aromatic heterocycles. The van der Waals surface area contributed by atoms with Crippen molar-refractivity contribution in [3.8, 4) is 0 Å². The van der Waals surface area contributed by atoms with E-state index in [1.54, 1.807) is 0 Å². The number of hydrogen-bond donors (Lipinski definition) is 2. The summed E-state index contributed by atoms with van der Waals surface area (Å²) < 4.78 is 2.28. The molecule has 0 unspecified atom stereocenters. The second-order valence-corrected chi connectivity index (χ2v) is 4.66. The first-order valence-electron chi connectivity index (χ1n) is 6.28. The lowest BCUT2D eigenvalue weighted by Gasteiger charge is -2.03. The first-order valence-corrected chi connectivity index (χ1v) is 6.28. The van der Waals surface area contributed by atoms with Gasteiger partial charge in [-0.1, -0.05) is 0 Å². The second-order valence-electron chi connectivity index (χ2n) is 4.66. The van der Waals surface area contributed by atoms with E-state index < -0.39 is 0 Å². The smallest absolute Gasteiger partial charge is 0.0486 e. The SMILES string of the molecule is CCn1cc(CCO)c2cc3c(cc21)CNC3. The molecule has 1 aliphatic heterocycles. The molecule has 3 rings (SSSR count). The molecule has 2 aromatic rings. The monoisotopic (exact) mass is 230 g/mol. The van der Waals surface area contributed by atoms with Gasteiger partial charge in [0.2, 0.25) is 0 Å². The molecule has 0 bridgehead atoms. The topological polar surface area (TPSA) is 37.2 Å². The van der Waals surface area contributed by atoms with Crippen LogP contribution in [-0.2, 0) is 26.1 Å². The summed E-state index contributed by atoms with van der Waals surface area (Å²) in [5, 5.41) is 13.8. The minimum Gasteiger partial charge on any atom is -0.396 e. The highest BCUT2D eigenvalue weighted by molar-refractivity contribution is 5.86. The van der Waals surface area contributed by atoms with Crippen LogP contribution in [-0.4, -0.2) is 16.3 Å². The highest BCUT2D eigenvalue weighted by Gasteiger charge is 2.15. The number of rotatable bonds is 3. The average Bonchev–Trinajstić information content (AvgIpc) is 2.91. The van der Waals surface area contributed by atoms with Crippen molar-refractivity contribution in [2.75, 3.05) is 6.61 Å². The van der Waals surface area contributed by atoms with Crippen LogP contribution in [0.15, 0.2) is 18.3 Å². The lowest BCUT2D eigenvalue weighted by Crippen LogP contribution is -2.00. The Kier molecular flexibility index (Phi) is 2.65. The van der Waals surface area contributed by atoms with Gasteiger partial charge in [0, 0.05) is 43.3 Å². The zero-order valence-electron chi connectivity index (χ0n) is 10.2. The van der Waals surface area contributed by atoms with Crippen molar-refractivity contribution in [2.24, 2.45) is 0 Å². The van der Waals surface area contributed by atoms with E-state index in [4.69, 9.17) is 5.11 Å². The Hall–Kier alpha value is -1.32. The molecule has 90 valence electrons. The van der Waals surface area contributed by atoms with Crippen molar-refractivity contribution in [1.82, 2.24) is 9.88 Å². The van der Waals surface area contributed by atoms with Crippen LogP contribution in [0.25, 0.3) is 10.9 Å². The molecule has 0 saturated carbocycles. The average molecular weight is 230 g/mol. The van der Waals surface area contributed by atoms with Crippen molar-refractivity contribution >= 4 is 10.9 Å². The molecular weight excluding hydrogens is 212 g/mol. The number of nitrogens with zero attached hydrogens (tertiary/aromatic N) is 1. The van der Waals surface area contributed by atoms with Gasteiger partial charge in [-0.05, 0) is 42.2 Å². The fourth-order valence-corrected chi connectivity index (χ4v) is 2.74. The highest BCUT2D eigenvalue weighted by atomic mass is 16.2. The molecule has 0 aliphatic carbocycles. The number of hydrogen-bond acceptors (Lipinski definition) is 2. The number of benzene rings is 1. The van der Waals surface area contributed by atoms with Crippen LogP contribution < -0.4 is 5.32 Å². The van der Waals surface area contributed by atoms with Crippen molar-refractivity contribution in [2.45, 2.75) is 33.0 Å². The number of fused-ring (bicyclic) bond motifs is 2. The largest absolute Gasteiger partial charge is 0.396 e. The Morgan fingerprint density at radius 1 is 1.29 bits per heavy atom. The second kappa shape index (κ2) is 4.17. The van der Waals surface area contributed by atoms with Gasteiger partial charge in [0.1, 0.15) is 0 Å². The molecule has 3 heteroatoms. The molecule has 0 atom stereocenters. The minimum absolute atomic E-state index is 0.220. The molecule has 0 amide bonds. The first kappa shape index (κ1) is 10.8. The minimum atomic E-state index is 0.220. The predicted octanol–water partition coefficient (Wildman–Crippen LogP) is 1.80. The van der Waals surface area contributed by atoms with Crippen molar-refractivity contribution < 1.29 is 5.11 Å². The standard InChI is InChI=1S/C14H18N2O/c1-2-16-9-10(3-4-17)13-5-11-7-15-8-12(11)6-14(13)16/h5-6,9,15,17H,2-4,7-8H2,1H3. The van der Waals surface area contributed by atoms with Gasteiger partial charge in [-0.25, -0.2) is 0 Å². The zero-order valence-corrected chi connectivity index (χ0v) is 10.2. The number of aromatic nitrogens is 1. The van der Waals surface area contributed by atoms with Crippen LogP contribution in [0.5, 0.6) is 0 Å². The van der Waals surface area contributed by atoms with E-state index in [9.17, 15) is 0 Å². The normalized spacial score (nSPS) is 14.5. The summed E-state index contributed by atoms with van der Waals surface area (Å²) in [7, 11) is 0. The summed E-state index contributed by atoms with van der Waals surface area (Å²) in [5.41, 5.74) is 5.39. The molecule has 17 heavy (non-hydrogen) atoms. The molecule has 2 heterocycles. The molecule has 0 saturated heterocycles. The third-order valence-electron chi connectivity index (χ3n) is 3.64. The van der Waals surface area contributed by atoms with Crippen LogP contribution >= 0.6 is 0 Å². The van der Waals surface area contributed by atoms with E-state index in [0.29, 0.717) is 0 Å². The Morgan fingerprint density at radius 3 is 2.76 bits per heavy atom. The Balaban J connectivity index is 2.23. The maximum atomic E-state index is 9.13. The molecule has 0 spiro atoms. The maximum Gasteiger partial charge on any atom is 0.0486 e. The van der Waals surface area contributed by atoms with Gasteiger partial charge in [0.25, 0.3) is 0 Å². The summed E-state index contributed by atoms with van der Waals surface area (Å²) in [5.74, 6) is 0. The highest BCUT2D eigenvalue weighted by Crippen LogP contribution is 2.28. The molecule has 0 fully saturated rings. The summed E-state index contributed by atoms with van der Waals surface area (Å²) in [6.07, 6.45) is 2.93. The molecule has 1 aromatic carbocycles. The number of aliphatic hydroxyl groups is 1. The van der Waals surface area contributed by atoms with Gasteiger partial charge in [-0.3, -0.25) is 0 Å². The van der Waals surface area contributed by atoms with Crippen molar-refractivity contribution in [3.63, 3.8) is 0 Å². The molecular formula is C14H18N2O. The molecule has 0 radical (unpaired) electrons. The molecule has 1 aliphatic rings. The van der Waals surface area contributed by atoms with E-state index >= 15 is 0 Å². The van der Waals surface area contributed by atoms with Crippen LogP contribution in [0.4, 0.5) is 0 Å². The zero-order chi connectivity index (χ0) is 11.8. The van der Waals surface area contributed by atoms with Gasteiger partial charge in [-0.2, -0.15) is 0 Å². The maximum absolute atomic E-state index is 9.13. The summed E-state index contributed by atoms with van der Waals surface area (Å²) in [4.78, 5) is 0. The summed E-state index contributed by atoms with van der Waals surface area (Å²) in [6.45, 7) is 5.32. The Labute approximate surface area is 101 Å². The third kappa shape index (κ3) is 1.66. The lowest BCUT2D eigenvalue weighted by atomic mass is 10.0. The van der Waals surface area contributed by atoms with Gasteiger partial charge in [0.05, 0.1) is 0 Å². The van der Waals surface area contributed by atoms with Gasteiger partial charge < -0.3 is 15.0 Å². The predicted molar refractivity (Wildman–Crippen MR) is 68.9 cm³/mol. The fourth-order valence-electron chi connectivity index (χ4n) is 2.74. The van der Waals surface area contributed by atoms with E-state index in [1.165, 1.54) is 27.6 Å².